The maximum absolute atomic E-state index is 13.4. The van der Waals surface area contributed by atoms with Gasteiger partial charge in [0.25, 0.3) is 5.91 Å². The molecule has 0 unspecified atom stereocenters. The standard InChI is InChI=1S/C33H29F3N4O2/c1-42-28-13-10-24(11-14-28)32(41)39-18-16-38(17-19-39)22-29-31(23-6-3-2-4-7-23)37-30-15-12-26(21-40(29)30)25-8-5-9-27(20-25)33(34,35)36/h2-15,20-21H,16-19,22H2,1H3. The highest BCUT2D eigenvalue weighted by molar-refractivity contribution is 5.94. The van der Waals surface area contributed by atoms with Crippen LogP contribution in [0.1, 0.15) is 21.6 Å². The van der Waals surface area contributed by atoms with Gasteiger partial charge < -0.3 is 14.0 Å². The van der Waals surface area contributed by atoms with Crippen LogP contribution in [0.25, 0.3) is 28.0 Å². The highest BCUT2D eigenvalue weighted by Gasteiger charge is 2.30. The maximum Gasteiger partial charge on any atom is 0.416 e. The number of pyridine rings is 1. The Bertz CT molecular complexity index is 1710. The van der Waals surface area contributed by atoms with Gasteiger partial charge in [0.2, 0.25) is 0 Å². The monoisotopic (exact) mass is 570 g/mol. The lowest BCUT2D eigenvalue weighted by Gasteiger charge is -2.34. The summed E-state index contributed by atoms with van der Waals surface area (Å²) in [6.07, 6.45) is -2.55. The van der Waals surface area contributed by atoms with E-state index in [4.69, 9.17) is 9.72 Å². The van der Waals surface area contributed by atoms with Crippen LogP contribution in [-0.2, 0) is 12.7 Å². The summed E-state index contributed by atoms with van der Waals surface area (Å²) < 4.78 is 47.4. The lowest BCUT2D eigenvalue weighted by Crippen LogP contribution is -2.48. The molecular formula is C33H29F3N4O2. The van der Waals surface area contributed by atoms with Crippen LogP contribution >= 0.6 is 0 Å². The van der Waals surface area contributed by atoms with Gasteiger partial charge in [-0.25, -0.2) is 4.98 Å². The molecule has 1 aliphatic heterocycles. The maximum atomic E-state index is 13.4. The number of hydrogen-bond acceptors (Lipinski definition) is 4. The molecule has 2 aromatic heterocycles. The first-order valence-corrected chi connectivity index (χ1v) is 13.7. The molecule has 1 aliphatic rings. The smallest absolute Gasteiger partial charge is 0.416 e. The summed E-state index contributed by atoms with van der Waals surface area (Å²) in [7, 11) is 1.59. The Morgan fingerprint density at radius 1 is 0.833 bits per heavy atom. The van der Waals surface area contributed by atoms with Crippen molar-refractivity contribution in [3.8, 4) is 28.1 Å². The van der Waals surface area contributed by atoms with Crippen molar-refractivity contribution >= 4 is 11.6 Å². The minimum atomic E-state index is -4.42. The quantitative estimate of drug-likeness (QED) is 0.229. The highest BCUT2D eigenvalue weighted by Crippen LogP contribution is 2.33. The zero-order valence-corrected chi connectivity index (χ0v) is 23.0. The number of alkyl halides is 3. The zero-order chi connectivity index (χ0) is 29.3. The number of ether oxygens (including phenoxy) is 1. The number of piperazine rings is 1. The number of rotatable bonds is 6. The first-order chi connectivity index (χ1) is 20.3. The van der Waals surface area contributed by atoms with Crippen LogP contribution in [0, 0.1) is 0 Å². The Labute approximate surface area is 241 Å². The molecule has 0 atom stereocenters. The molecule has 0 aliphatic carbocycles. The SMILES string of the molecule is COc1ccc(C(=O)N2CCN(Cc3c(-c4ccccc4)nc4ccc(-c5cccc(C(F)(F)F)c5)cn34)CC2)cc1. The molecule has 5 aromatic rings. The molecule has 3 heterocycles. The van der Waals surface area contributed by atoms with Crippen molar-refractivity contribution in [3.05, 3.63) is 114 Å². The van der Waals surface area contributed by atoms with Crippen molar-refractivity contribution in [2.24, 2.45) is 0 Å². The van der Waals surface area contributed by atoms with E-state index < -0.39 is 11.7 Å². The summed E-state index contributed by atoms with van der Waals surface area (Å²) in [5.74, 6) is 0.692. The Morgan fingerprint density at radius 3 is 2.24 bits per heavy atom. The molecular weight excluding hydrogens is 541 g/mol. The van der Waals surface area contributed by atoms with E-state index in [0.29, 0.717) is 60.8 Å². The number of imidazole rings is 1. The van der Waals surface area contributed by atoms with Crippen LogP contribution in [0.3, 0.4) is 0 Å². The number of hydrogen-bond donors (Lipinski definition) is 0. The van der Waals surface area contributed by atoms with Crippen molar-refractivity contribution in [2.75, 3.05) is 33.3 Å². The fourth-order valence-electron chi connectivity index (χ4n) is 5.35. The number of carbonyl (C=O) groups excluding carboxylic acids is 1. The molecule has 42 heavy (non-hydrogen) atoms. The van der Waals surface area contributed by atoms with Crippen LogP contribution < -0.4 is 4.74 Å². The second-order valence-electron chi connectivity index (χ2n) is 10.3. The lowest BCUT2D eigenvalue weighted by atomic mass is 10.0. The number of halogens is 3. The summed E-state index contributed by atoms with van der Waals surface area (Å²) in [6, 6.07) is 26.0. The molecule has 1 amide bonds. The summed E-state index contributed by atoms with van der Waals surface area (Å²) in [6.45, 7) is 3.09. The van der Waals surface area contributed by atoms with Gasteiger partial charge in [0.05, 0.1) is 24.1 Å². The Morgan fingerprint density at radius 2 is 1.55 bits per heavy atom. The van der Waals surface area contributed by atoms with Crippen LogP contribution in [0.4, 0.5) is 13.2 Å². The summed E-state index contributed by atoms with van der Waals surface area (Å²) >= 11 is 0. The molecule has 0 radical (unpaired) electrons. The van der Waals surface area contributed by atoms with Crippen LogP contribution in [0.2, 0.25) is 0 Å². The van der Waals surface area contributed by atoms with Crippen LogP contribution in [0.5, 0.6) is 5.75 Å². The minimum absolute atomic E-state index is 0.0113. The van der Waals surface area contributed by atoms with E-state index >= 15 is 0 Å². The first kappa shape index (κ1) is 27.5. The van der Waals surface area contributed by atoms with Crippen molar-refractivity contribution in [3.63, 3.8) is 0 Å². The van der Waals surface area contributed by atoms with E-state index in [2.05, 4.69) is 4.90 Å². The second kappa shape index (κ2) is 11.3. The third-order valence-corrected chi connectivity index (χ3v) is 7.66. The third-order valence-electron chi connectivity index (χ3n) is 7.66. The molecule has 9 heteroatoms. The number of nitrogens with zero attached hydrogens (tertiary/aromatic N) is 4. The Balaban J connectivity index is 1.28. The molecule has 1 saturated heterocycles. The van der Waals surface area contributed by atoms with Crippen LogP contribution in [-0.4, -0.2) is 58.4 Å². The molecule has 0 N–H and O–H groups in total. The Hall–Kier alpha value is -4.63. The van der Waals surface area contributed by atoms with Crippen molar-refractivity contribution < 1.29 is 22.7 Å². The molecule has 1 fully saturated rings. The van der Waals surface area contributed by atoms with E-state index in [0.717, 1.165) is 23.0 Å². The van der Waals surface area contributed by atoms with Gasteiger partial charge in [0.1, 0.15) is 11.4 Å². The predicted molar refractivity (Wildman–Crippen MR) is 155 cm³/mol. The fraction of sp³-hybridized carbons (Fsp3) is 0.212. The minimum Gasteiger partial charge on any atom is -0.497 e. The zero-order valence-electron chi connectivity index (χ0n) is 23.0. The van der Waals surface area contributed by atoms with E-state index in [1.165, 1.54) is 12.1 Å². The van der Waals surface area contributed by atoms with E-state index in [-0.39, 0.29) is 5.91 Å². The summed E-state index contributed by atoms with van der Waals surface area (Å²) in [5.41, 5.74) is 4.55. The number of methoxy groups -OCH3 is 1. The van der Waals surface area contributed by atoms with E-state index in [9.17, 15) is 18.0 Å². The van der Waals surface area contributed by atoms with Gasteiger partial charge in [-0.1, -0.05) is 42.5 Å². The number of aromatic nitrogens is 2. The molecule has 0 bridgehead atoms. The molecule has 0 saturated carbocycles. The van der Waals surface area contributed by atoms with Gasteiger partial charge in [0, 0.05) is 50.0 Å². The van der Waals surface area contributed by atoms with Gasteiger partial charge in [-0.15, -0.1) is 0 Å². The van der Waals surface area contributed by atoms with Crippen molar-refractivity contribution in [1.29, 1.82) is 0 Å². The third kappa shape index (κ3) is 5.60. The van der Waals surface area contributed by atoms with Gasteiger partial charge in [-0.2, -0.15) is 13.2 Å². The molecule has 214 valence electrons. The number of carbonyl (C=O) groups is 1. The Kier molecular flexibility index (Phi) is 7.43. The second-order valence-corrected chi connectivity index (χ2v) is 10.3. The average Bonchev–Trinajstić information content (AvgIpc) is 3.38. The fourth-order valence-corrected chi connectivity index (χ4v) is 5.35. The van der Waals surface area contributed by atoms with Crippen molar-refractivity contribution in [1.82, 2.24) is 19.2 Å². The van der Waals surface area contributed by atoms with Crippen molar-refractivity contribution in [2.45, 2.75) is 12.7 Å². The summed E-state index contributed by atoms with van der Waals surface area (Å²) in [4.78, 5) is 22.1. The number of amides is 1. The largest absolute Gasteiger partial charge is 0.497 e. The highest BCUT2D eigenvalue weighted by atomic mass is 19.4. The molecule has 6 rings (SSSR count). The number of benzene rings is 3. The predicted octanol–water partition coefficient (Wildman–Crippen LogP) is 6.65. The number of fused-ring (bicyclic) bond motifs is 1. The van der Waals surface area contributed by atoms with Crippen LogP contribution in [0.15, 0.2) is 97.2 Å². The van der Waals surface area contributed by atoms with Gasteiger partial charge >= 0.3 is 6.18 Å². The molecule has 6 nitrogen and oxygen atoms in total. The molecule has 3 aromatic carbocycles. The lowest BCUT2D eigenvalue weighted by molar-refractivity contribution is -0.137. The summed E-state index contributed by atoms with van der Waals surface area (Å²) in [5, 5.41) is 0. The first-order valence-electron chi connectivity index (χ1n) is 13.7. The normalized spacial score (nSPS) is 14.3. The van der Waals surface area contributed by atoms with Gasteiger partial charge in [0.15, 0.2) is 0 Å². The topological polar surface area (TPSA) is 50.1 Å². The van der Waals surface area contributed by atoms with E-state index in [1.54, 1.807) is 43.5 Å². The van der Waals surface area contributed by atoms with Gasteiger partial charge in [-0.3, -0.25) is 9.69 Å². The van der Waals surface area contributed by atoms with E-state index in [1.807, 2.05) is 51.9 Å². The molecule has 0 spiro atoms. The van der Waals surface area contributed by atoms with Gasteiger partial charge in [-0.05, 0) is 59.7 Å². The average molecular weight is 571 g/mol.